The predicted octanol–water partition coefficient (Wildman–Crippen LogP) is -1.15. The number of benzene rings is 2. The average Bonchev–Trinajstić information content (AvgIpc) is 3.29. The summed E-state index contributed by atoms with van der Waals surface area (Å²) in [6.45, 7) is 0. The van der Waals surface area contributed by atoms with Crippen LogP contribution in [0, 0.1) is 0 Å². The van der Waals surface area contributed by atoms with E-state index in [1.807, 2.05) is 0 Å². The molecule has 34 heavy (non-hydrogen) atoms. The van der Waals surface area contributed by atoms with Crippen LogP contribution in [0.25, 0.3) is 45.2 Å². The molecule has 0 fully saturated rings. The Labute approximate surface area is 233 Å². The van der Waals surface area contributed by atoms with Gasteiger partial charge in [0.05, 0.1) is 26.5 Å². The van der Waals surface area contributed by atoms with Crippen LogP contribution >= 0.6 is 0 Å². The zero-order chi connectivity index (χ0) is 21.7. The van der Waals surface area contributed by atoms with Crippen molar-refractivity contribution in [1.82, 2.24) is 8.80 Å². The summed E-state index contributed by atoms with van der Waals surface area (Å²) in [7, 11) is 4.32. The standard InChI is InChI=1S/C28H24N4.2HI/c1-29-25(21-13-5-3-6-14-21)23-17-9-11-19-31(23)27(29)28-30(2)26(22-15-7-4-8-16-22)24-18-10-12-20-32(24)28;;/h3-20H,1-2H3;2*1H/q+2;;/p-2. The van der Waals surface area contributed by atoms with Crippen LogP contribution in [0.3, 0.4) is 0 Å². The third kappa shape index (κ3) is 3.73. The third-order valence-corrected chi connectivity index (χ3v) is 6.26. The van der Waals surface area contributed by atoms with Crippen LogP contribution in [-0.4, -0.2) is 8.80 Å². The SMILES string of the molecule is C[n+]1c(-c2ccccc2)c2ccccn2c1-c1n2ccccc2c(-c2ccccc2)[n+]1C.[I-].[I-]. The minimum atomic E-state index is 0. The highest BCUT2D eigenvalue weighted by Crippen LogP contribution is 2.30. The molecule has 170 valence electrons. The summed E-state index contributed by atoms with van der Waals surface area (Å²) in [5, 5.41) is 0. The van der Waals surface area contributed by atoms with Gasteiger partial charge in [0.15, 0.2) is 22.4 Å². The second-order valence-electron chi connectivity index (χ2n) is 8.11. The van der Waals surface area contributed by atoms with E-state index in [9.17, 15) is 0 Å². The first-order valence-corrected chi connectivity index (χ1v) is 10.8. The van der Waals surface area contributed by atoms with Crippen molar-refractivity contribution >= 4 is 11.0 Å². The fourth-order valence-corrected chi connectivity index (χ4v) is 4.91. The molecule has 0 N–H and O–H groups in total. The average molecular weight is 670 g/mol. The summed E-state index contributed by atoms with van der Waals surface area (Å²) in [6, 6.07) is 34.0. The molecular formula is C28H24I2N4. The first kappa shape index (κ1) is 24.4. The van der Waals surface area contributed by atoms with Crippen LogP contribution in [0.2, 0.25) is 0 Å². The second kappa shape index (κ2) is 9.87. The molecule has 0 amide bonds. The lowest BCUT2D eigenvalue weighted by Gasteiger charge is -1.99. The molecule has 6 aromatic rings. The van der Waals surface area contributed by atoms with Crippen molar-refractivity contribution in [2.45, 2.75) is 0 Å². The molecule has 2 aromatic carbocycles. The highest BCUT2D eigenvalue weighted by atomic mass is 127. The van der Waals surface area contributed by atoms with Gasteiger partial charge in [0.2, 0.25) is 0 Å². The Hall–Kier alpha value is -2.72. The summed E-state index contributed by atoms with van der Waals surface area (Å²) in [4.78, 5) is 0. The monoisotopic (exact) mass is 670 g/mol. The summed E-state index contributed by atoms with van der Waals surface area (Å²) in [6.07, 6.45) is 4.31. The highest BCUT2D eigenvalue weighted by Gasteiger charge is 2.36. The zero-order valence-electron chi connectivity index (χ0n) is 18.9. The maximum Gasteiger partial charge on any atom is 0.379 e. The number of rotatable bonds is 3. The van der Waals surface area contributed by atoms with Crippen LogP contribution in [0.4, 0.5) is 0 Å². The van der Waals surface area contributed by atoms with E-state index >= 15 is 0 Å². The van der Waals surface area contributed by atoms with Gasteiger partial charge in [0, 0.05) is 11.1 Å². The Kier molecular flexibility index (Phi) is 7.09. The Morgan fingerprint density at radius 2 is 0.824 bits per heavy atom. The summed E-state index contributed by atoms with van der Waals surface area (Å²) < 4.78 is 9.22. The molecule has 0 aliphatic heterocycles. The van der Waals surface area contributed by atoms with Gasteiger partial charge in [-0.25, -0.2) is 9.13 Å². The Balaban J connectivity index is 0.00000137. The molecule has 4 heterocycles. The lowest BCUT2D eigenvalue weighted by Crippen LogP contribution is -3.00. The molecular weight excluding hydrogens is 646 g/mol. The predicted molar refractivity (Wildman–Crippen MR) is 127 cm³/mol. The van der Waals surface area contributed by atoms with Gasteiger partial charge in [0.25, 0.3) is 0 Å². The Morgan fingerprint density at radius 1 is 0.471 bits per heavy atom. The van der Waals surface area contributed by atoms with E-state index in [1.54, 1.807) is 0 Å². The van der Waals surface area contributed by atoms with Gasteiger partial charge < -0.3 is 48.0 Å². The fraction of sp³-hybridized carbons (Fsp3) is 0.0714. The molecule has 6 heteroatoms. The minimum Gasteiger partial charge on any atom is -1.00 e. The summed E-state index contributed by atoms with van der Waals surface area (Å²) >= 11 is 0. The van der Waals surface area contributed by atoms with Gasteiger partial charge in [-0.1, -0.05) is 72.8 Å². The van der Waals surface area contributed by atoms with Crippen molar-refractivity contribution in [2.24, 2.45) is 14.1 Å². The number of pyridine rings is 2. The van der Waals surface area contributed by atoms with Crippen LogP contribution < -0.4 is 57.1 Å². The Morgan fingerprint density at radius 3 is 1.21 bits per heavy atom. The van der Waals surface area contributed by atoms with E-state index in [1.165, 1.54) is 33.5 Å². The number of fused-ring (bicyclic) bond motifs is 2. The number of nitrogens with zero attached hydrogens (tertiary/aromatic N) is 4. The van der Waals surface area contributed by atoms with Crippen molar-refractivity contribution in [3.63, 3.8) is 0 Å². The van der Waals surface area contributed by atoms with E-state index in [0.29, 0.717) is 0 Å². The first-order valence-electron chi connectivity index (χ1n) is 10.8. The molecule has 6 rings (SSSR count). The summed E-state index contributed by atoms with van der Waals surface area (Å²) in [5.41, 5.74) is 7.18. The maximum absolute atomic E-state index is 2.31. The molecule has 0 aliphatic carbocycles. The third-order valence-electron chi connectivity index (χ3n) is 6.26. The first-order chi connectivity index (χ1) is 15.8. The van der Waals surface area contributed by atoms with Gasteiger partial charge in [-0.3, -0.25) is 0 Å². The number of hydrogen-bond donors (Lipinski definition) is 0. The van der Waals surface area contributed by atoms with Gasteiger partial charge >= 0.3 is 11.6 Å². The molecule has 0 spiro atoms. The topological polar surface area (TPSA) is 16.6 Å². The quantitative estimate of drug-likeness (QED) is 0.167. The number of imidazole rings is 2. The highest BCUT2D eigenvalue weighted by molar-refractivity contribution is 5.79. The van der Waals surface area contributed by atoms with E-state index < -0.39 is 0 Å². The fourth-order valence-electron chi connectivity index (χ4n) is 4.91. The van der Waals surface area contributed by atoms with Crippen LogP contribution in [-0.2, 0) is 14.1 Å². The van der Waals surface area contributed by atoms with E-state index in [4.69, 9.17) is 0 Å². The van der Waals surface area contributed by atoms with Crippen LogP contribution in [0.1, 0.15) is 0 Å². The van der Waals surface area contributed by atoms with E-state index in [-0.39, 0.29) is 48.0 Å². The van der Waals surface area contributed by atoms with Crippen molar-refractivity contribution in [3.05, 3.63) is 109 Å². The van der Waals surface area contributed by atoms with Crippen molar-refractivity contribution in [3.8, 4) is 34.2 Å². The molecule has 0 radical (unpaired) electrons. The van der Waals surface area contributed by atoms with Crippen molar-refractivity contribution in [1.29, 1.82) is 0 Å². The second-order valence-corrected chi connectivity index (χ2v) is 8.11. The molecule has 0 aliphatic rings. The largest absolute Gasteiger partial charge is 1.00 e. The van der Waals surface area contributed by atoms with Crippen molar-refractivity contribution < 1.29 is 57.1 Å². The summed E-state index contributed by atoms with van der Waals surface area (Å²) in [5.74, 6) is 2.26. The molecule has 4 nitrogen and oxygen atoms in total. The molecule has 0 unspecified atom stereocenters. The number of aromatic nitrogens is 4. The Bertz CT molecular complexity index is 1460. The van der Waals surface area contributed by atoms with Crippen LogP contribution in [0.15, 0.2) is 109 Å². The maximum atomic E-state index is 2.31. The van der Waals surface area contributed by atoms with Gasteiger partial charge in [-0.2, -0.15) is 8.80 Å². The van der Waals surface area contributed by atoms with Gasteiger partial charge in [-0.15, -0.1) is 0 Å². The minimum absolute atomic E-state index is 0. The lowest BCUT2D eigenvalue weighted by atomic mass is 10.1. The smallest absolute Gasteiger partial charge is 0.379 e. The molecule has 0 saturated carbocycles. The molecule has 4 aromatic heterocycles. The van der Waals surface area contributed by atoms with Crippen molar-refractivity contribution in [2.75, 3.05) is 0 Å². The molecule has 0 atom stereocenters. The van der Waals surface area contributed by atoms with Gasteiger partial charge in [0.1, 0.15) is 0 Å². The van der Waals surface area contributed by atoms with Gasteiger partial charge in [-0.05, 0) is 24.3 Å². The number of halogens is 2. The van der Waals surface area contributed by atoms with Crippen LogP contribution in [0.5, 0.6) is 0 Å². The van der Waals surface area contributed by atoms with E-state index in [2.05, 4.69) is 141 Å². The zero-order valence-corrected chi connectivity index (χ0v) is 23.3. The number of hydrogen-bond acceptors (Lipinski definition) is 0. The normalized spacial score (nSPS) is 10.8. The molecule has 0 bridgehead atoms. The molecule has 0 saturated heterocycles. The van der Waals surface area contributed by atoms with E-state index in [0.717, 1.165) is 11.6 Å². The lowest BCUT2D eigenvalue weighted by molar-refractivity contribution is -0.678.